The maximum absolute atomic E-state index is 13.1. The second-order valence-corrected chi connectivity index (χ2v) is 15.0. The lowest BCUT2D eigenvalue weighted by Gasteiger charge is -2.17. The number of hydrogen-bond donors (Lipinski definition) is 0. The molecule has 2 fully saturated rings. The van der Waals surface area contributed by atoms with Crippen molar-refractivity contribution in [3.05, 3.63) is 53.4 Å². The SMILES string of the molecule is CC(CCCC1CC1)COC(=O)c1c(Cl)c(Cl)cc(Cl)c1OC(=O)C(=O)Oc1c(Cl)cc(Cl)c(Cl)c1C(=O)OCC(C)CCCC1CC1. The summed E-state index contributed by atoms with van der Waals surface area (Å²) in [5, 5.41) is -1.45. The second-order valence-electron chi connectivity index (χ2n) is 12.7. The van der Waals surface area contributed by atoms with Crippen LogP contribution in [0.1, 0.15) is 98.8 Å². The normalized spacial score (nSPS) is 15.4. The van der Waals surface area contributed by atoms with Crippen LogP contribution in [0.4, 0.5) is 0 Å². The van der Waals surface area contributed by atoms with Crippen molar-refractivity contribution in [3.8, 4) is 11.5 Å². The molecule has 0 amide bonds. The highest BCUT2D eigenvalue weighted by atomic mass is 35.5. The number of rotatable bonds is 16. The van der Waals surface area contributed by atoms with Gasteiger partial charge < -0.3 is 18.9 Å². The molecule has 2 aliphatic rings. The molecular weight excluding hydrogens is 749 g/mol. The molecule has 0 saturated heterocycles. The summed E-state index contributed by atoms with van der Waals surface area (Å²) in [4.78, 5) is 52.3. The highest BCUT2D eigenvalue weighted by Crippen LogP contribution is 2.42. The summed E-state index contributed by atoms with van der Waals surface area (Å²) in [6, 6.07) is 2.27. The van der Waals surface area contributed by atoms with Crippen molar-refractivity contribution < 1.29 is 38.1 Å². The van der Waals surface area contributed by atoms with Crippen molar-refractivity contribution in [1.29, 1.82) is 0 Å². The molecule has 2 aliphatic carbocycles. The van der Waals surface area contributed by atoms with Gasteiger partial charge in [0.2, 0.25) is 0 Å². The third-order valence-electron chi connectivity index (χ3n) is 8.23. The van der Waals surface area contributed by atoms with Crippen molar-refractivity contribution in [2.75, 3.05) is 13.2 Å². The Balaban J connectivity index is 1.44. The first kappa shape index (κ1) is 38.9. The van der Waals surface area contributed by atoms with Crippen LogP contribution in [-0.2, 0) is 19.1 Å². The molecule has 0 radical (unpaired) electrons. The van der Waals surface area contributed by atoms with Gasteiger partial charge in [-0.1, -0.05) is 135 Å². The summed E-state index contributed by atoms with van der Waals surface area (Å²) >= 11 is 37.5. The number of carbonyl (C=O) groups excluding carboxylic acids is 4. The van der Waals surface area contributed by atoms with Crippen LogP contribution in [-0.4, -0.2) is 37.1 Å². The Bertz CT molecular complexity index is 1420. The third-order valence-corrected chi connectivity index (χ3v) is 10.4. The molecular formula is C34H36Cl6O8. The Morgan fingerprint density at radius 2 is 0.979 bits per heavy atom. The zero-order valence-electron chi connectivity index (χ0n) is 26.5. The number of carbonyl (C=O) groups is 4. The van der Waals surface area contributed by atoms with Crippen LogP contribution < -0.4 is 9.47 Å². The molecule has 0 aliphatic heterocycles. The largest absolute Gasteiger partial charge is 0.462 e. The summed E-state index contributed by atoms with van der Waals surface area (Å²) < 4.78 is 21.3. The first-order valence-electron chi connectivity index (χ1n) is 15.9. The fourth-order valence-corrected chi connectivity index (χ4v) is 6.50. The molecule has 14 heteroatoms. The zero-order valence-corrected chi connectivity index (χ0v) is 31.0. The summed E-state index contributed by atoms with van der Waals surface area (Å²) in [5.41, 5.74) is -0.910. The molecule has 0 N–H and O–H groups in total. The Hall–Kier alpha value is -1.94. The minimum absolute atomic E-state index is 0.0504. The summed E-state index contributed by atoms with van der Waals surface area (Å²) in [6.07, 6.45) is 11.1. The van der Waals surface area contributed by atoms with Gasteiger partial charge in [-0.25, -0.2) is 19.2 Å². The van der Waals surface area contributed by atoms with E-state index in [1.54, 1.807) is 0 Å². The predicted molar refractivity (Wildman–Crippen MR) is 186 cm³/mol. The van der Waals surface area contributed by atoms with Crippen molar-refractivity contribution in [2.24, 2.45) is 23.7 Å². The number of benzene rings is 2. The lowest BCUT2D eigenvalue weighted by molar-refractivity contribution is -0.156. The minimum atomic E-state index is -1.64. The van der Waals surface area contributed by atoms with E-state index in [0.717, 1.165) is 62.5 Å². The Labute approximate surface area is 309 Å². The van der Waals surface area contributed by atoms with Crippen LogP contribution >= 0.6 is 69.6 Å². The molecule has 4 rings (SSSR count). The zero-order chi connectivity index (χ0) is 35.1. The average molecular weight is 785 g/mol. The lowest BCUT2D eigenvalue weighted by Crippen LogP contribution is -2.27. The van der Waals surface area contributed by atoms with Crippen LogP contribution in [0.25, 0.3) is 0 Å². The van der Waals surface area contributed by atoms with Gasteiger partial charge >= 0.3 is 23.9 Å². The minimum Gasteiger partial charge on any atom is -0.462 e. The van der Waals surface area contributed by atoms with E-state index in [9.17, 15) is 19.2 Å². The smallest absolute Gasteiger partial charge is 0.423 e. The maximum Gasteiger partial charge on any atom is 0.423 e. The molecule has 0 heterocycles. The standard InChI is InChI=1S/C34H36Cl6O8/c1-17(5-3-7-19-9-10-19)15-45-31(41)25-27(39)21(35)13-23(37)29(25)47-33(43)34(44)48-30-24(38)14-22(36)28(40)26(30)32(42)46-16-18(2)6-4-8-20-11-12-20/h13-14,17-20H,3-12,15-16H2,1-2H3. The van der Waals surface area contributed by atoms with Gasteiger partial charge in [0, 0.05) is 0 Å². The molecule has 8 nitrogen and oxygen atoms in total. The summed E-state index contributed by atoms with van der Waals surface area (Å²) in [5.74, 6) is -4.66. The highest BCUT2D eigenvalue weighted by molar-refractivity contribution is 6.47. The van der Waals surface area contributed by atoms with E-state index >= 15 is 0 Å². The molecule has 2 unspecified atom stereocenters. The van der Waals surface area contributed by atoms with Gasteiger partial charge in [-0.2, -0.15) is 0 Å². The second kappa shape index (κ2) is 17.8. The monoisotopic (exact) mass is 782 g/mol. The van der Waals surface area contributed by atoms with E-state index in [2.05, 4.69) is 0 Å². The summed E-state index contributed by atoms with van der Waals surface area (Å²) in [6.45, 7) is 4.01. The predicted octanol–water partition coefficient (Wildman–Crippen LogP) is 10.9. The van der Waals surface area contributed by atoms with Gasteiger partial charge in [0.05, 0.1) is 43.3 Å². The fourth-order valence-electron chi connectivity index (χ4n) is 5.06. The Morgan fingerprint density at radius 3 is 1.31 bits per heavy atom. The van der Waals surface area contributed by atoms with E-state index in [4.69, 9.17) is 88.6 Å². The molecule has 2 saturated carbocycles. The van der Waals surface area contributed by atoms with Gasteiger partial charge in [0.25, 0.3) is 0 Å². The van der Waals surface area contributed by atoms with Crippen molar-refractivity contribution in [3.63, 3.8) is 0 Å². The van der Waals surface area contributed by atoms with Gasteiger partial charge in [0.15, 0.2) is 11.5 Å². The topological polar surface area (TPSA) is 105 Å². The number of esters is 4. The molecule has 0 spiro atoms. The van der Waals surface area contributed by atoms with Crippen LogP contribution in [0.5, 0.6) is 11.5 Å². The molecule has 262 valence electrons. The number of hydrogen-bond acceptors (Lipinski definition) is 8. The van der Waals surface area contributed by atoms with Crippen LogP contribution in [0, 0.1) is 23.7 Å². The van der Waals surface area contributed by atoms with Crippen LogP contribution in [0.15, 0.2) is 12.1 Å². The fraction of sp³-hybridized carbons (Fsp3) is 0.529. The van der Waals surface area contributed by atoms with Crippen LogP contribution in [0.2, 0.25) is 30.1 Å². The first-order chi connectivity index (χ1) is 22.8. The molecule has 2 atom stereocenters. The Kier molecular flexibility index (Phi) is 14.4. The lowest BCUT2D eigenvalue weighted by atomic mass is 10.0. The molecule has 2 aromatic carbocycles. The third kappa shape index (κ3) is 11.0. The maximum atomic E-state index is 13.1. The van der Waals surface area contributed by atoms with Crippen LogP contribution in [0.3, 0.4) is 0 Å². The van der Waals surface area contributed by atoms with Gasteiger partial charge in [0.1, 0.15) is 11.1 Å². The summed E-state index contributed by atoms with van der Waals surface area (Å²) in [7, 11) is 0. The number of ether oxygens (including phenoxy) is 4. The average Bonchev–Trinajstić information content (AvgIpc) is 3.97. The van der Waals surface area contributed by atoms with E-state index in [0.29, 0.717) is 0 Å². The molecule has 0 bridgehead atoms. The van der Waals surface area contributed by atoms with Gasteiger partial charge in [-0.05, 0) is 48.6 Å². The van der Waals surface area contributed by atoms with E-state index in [1.165, 1.54) is 25.7 Å². The van der Waals surface area contributed by atoms with E-state index in [1.807, 2.05) is 13.8 Å². The molecule has 0 aromatic heterocycles. The van der Waals surface area contributed by atoms with Gasteiger partial charge in [-0.3, -0.25) is 0 Å². The van der Waals surface area contributed by atoms with E-state index in [-0.39, 0.29) is 55.2 Å². The first-order valence-corrected chi connectivity index (χ1v) is 18.2. The Morgan fingerprint density at radius 1 is 0.625 bits per heavy atom. The van der Waals surface area contributed by atoms with Crippen molar-refractivity contribution >= 4 is 93.5 Å². The quantitative estimate of drug-likeness (QED) is 0.0717. The van der Waals surface area contributed by atoms with Crippen molar-refractivity contribution in [2.45, 2.75) is 78.1 Å². The van der Waals surface area contributed by atoms with Gasteiger partial charge in [-0.15, -0.1) is 0 Å². The highest BCUT2D eigenvalue weighted by Gasteiger charge is 2.32. The van der Waals surface area contributed by atoms with E-state index < -0.39 is 46.5 Å². The number of halogens is 6. The molecule has 48 heavy (non-hydrogen) atoms. The van der Waals surface area contributed by atoms with Crippen molar-refractivity contribution in [1.82, 2.24) is 0 Å². The molecule has 2 aromatic rings.